The largest absolute Gasteiger partial charge is 0.274 e. The molecule has 0 aliphatic carbocycles. The number of rotatable bonds is 11. The standard InChI is InChI=1S/C26H39NO2/c1-5-6-7-8-9-10-11-12-13-14-15-21-20-24(28)27(25(21)29)23-18-16-22(17-19-23)26(2,3)4/h13-14,16-19,21H,5-12,15,20H2,1-4H3/b14-13+. The van der Waals surface area contributed by atoms with Gasteiger partial charge in [-0.3, -0.25) is 14.5 Å². The zero-order chi connectivity index (χ0) is 21.3. The van der Waals surface area contributed by atoms with Crippen molar-refractivity contribution in [2.75, 3.05) is 4.90 Å². The Morgan fingerprint density at radius 2 is 1.55 bits per heavy atom. The van der Waals surface area contributed by atoms with Crippen molar-refractivity contribution in [3.63, 3.8) is 0 Å². The molecule has 1 saturated heterocycles. The van der Waals surface area contributed by atoms with E-state index < -0.39 is 0 Å². The number of imide groups is 1. The summed E-state index contributed by atoms with van der Waals surface area (Å²) >= 11 is 0. The molecule has 1 heterocycles. The lowest BCUT2D eigenvalue weighted by Gasteiger charge is -2.21. The van der Waals surface area contributed by atoms with Crippen molar-refractivity contribution in [3.8, 4) is 0 Å². The third-order valence-corrected chi connectivity index (χ3v) is 5.79. The van der Waals surface area contributed by atoms with E-state index in [1.165, 1.54) is 55.4 Å². The average Bonchev–Trinajstić information content (AvgIpc) is 2.96. The predicted octanol–water partition coefficient (Wildman–Crippen LogP) is 6.95. The van der Waals surface area contributed by atoms with Crippen molar-refractivity contribution in [2.24, 2.45) is 5.92 Å². The van der Waals surface area contributed by atoms with E-state index in [1.807, 2.05) is 24.3 Å². The monoisotopic (exact) mass is 397 g/mol. The third-order valence-electron chi connectivity index (χ3n) is 5.79. The normalized spacial score (nSPS) is 17.7. The molecule has 1 unspecified atom stereocenters. The summed E-state index contributed by atoms with van der Waals surface area (Å²) in [6.07, 6.45) is 15.5. The molecular formula is C26H39NO2. The van der Waals surface area contributed by atoms with Gasteiger partial charge in [0.25, 0.3) is 0 Å². The Balaban J connectivity index is 1.77. The molecule has 0 spiro atoms. The minimum absolute atomic E-state index is 0.0559. The van der Waals surface area contributed by atoms with Crippen LogP contribution in [0, 0.1) is 5.92 Å². The van der Waals surface area contributed by atoms with Crippen LogP contribution in [0.5, 0.6) is 0 Å². The number of allylic oxidation sites excluding steroid dienone is 2. The molecule has 0 bridgehead atoms. The first-order valence-electron chi connectivity index (χ1n) is 11.5. The lowest BCUT2D eigenvalue weighted by molar-refractivity contribution is -0.122. The highest BCUT2D eigenvalue weighted by Gasteiger charge is 2.38. The molecule has 3 nitrogen and oxygen atoms in total. The van der Waals surface area contributed by atoms with Gasteiger partial charge in [0.2, 0.25) is 11.8 Å². The molecule has 0 aromatic heterocycles. The summed E-state index contributed by atoms with van der Waals surface area (Å²) in [5, 5.41) is 0. The van der Waals surface area contributed by atoms with E-state index in [9.17, 15) is 9.59 Å². The first-order valence-corrected chi connectivity index (χ1v) is 11.5. The lowest BCUT2D eigenvalue weighted by atomic mass is 9.87. The molecule has 1 aliphatic rings. The molecule has 29 heavy (non-hydrogen) atoms. The van der Waals surface area contributed by atoms with E-state index in [0.717, 1.165) is 6.42 Å². The number of unbranched alkanes of at least 4 members (excludes halogenated alkanes) is 7. The van der Waals surface area contributed by atoms with E-state index in [4.69, 9.17) is 0 Å². The maximum atomic E-state index is 12.8. The second-order valence-electron chi connectivity index (χ2n) is 9.38. The van der Waals surface area contributed by atoms with Gasteiger partial charge < -0.3 is 0 Å². The molecule has 0 N–H and O–H groups in total. The molecule has 0 saturated carbocycles. The van der Waals surface area contributed by atoms with Gasteiger partial charge in [0, 0.05) is 6.42 Å². The van der Waals surface area contributed by atoms with Crippen LogP contribution in [-0.2, 0) is 15.0 Å². The van der Waals surface area contributed by atoms with Crippen molar-refractivity contribution in [2.45, 2.75) is 97.3 Å². The molecular weight excluding hydrogens is 358 g/mol. The summed E-state index contributed by atoms with van der Waals surface area (Å²) in [6, 6.07) is 7.83. The van der Waals surface area contributed by atoms with Crippen LogP contribution in [0.25, 0.3) is 0 Å². The van der Waals surface area contributed by atoms with Gasteiger partial charge >= 0.3 is 0 Å². The Hall–Kier alpha value is -1.90. The number of hydrogen-bond donors (Lipinski definition) is 0. The number of anilines is 1. The van der Waals surface area contributed by atoms with Crippen LogP contribution in [-0.4, -0.2) is 11.8 Å². The average molecular weight is 398 g/mol. The minimum atomic E-state index is -0.213. The molecule has 1 fully saturated rings. The third kappa shape index (κ3) is 7.13. The quantitative estimate of drug-likeness (QED) is 0.230. The van der Waals surface area contributed by atoms with Crippen LogP contribution in [0.1, 0.15) is 97.5 Å². The Bertz CT molecular complexity index is 682. The van der Waals surface area contributed by atoms with Gasteiger partial charge in [-0.15, -0.1) is 0 Å². The fourth-order valence-electron chi connectivity index (χ4n) is 3.86. The van der Waals surface area contributed by atoms with Gasteiger partial charge in [0.1, 0.15) is 0 Å². The SMILES string of the molecule is CCCCCCCCC/C=C/CC1CC(=O)N(c2ccc(C(C)(C)C)cc2)C1=O. The molecule has 1 aromatic carbocycles. The van der Waals surface area contributed by atoms with Crippen LogP contribution >= 0.6 is 0 Å². The van der Waals surface area contributed by atoms with Gasteiger partial charge in [-0.05, 0) is 42.4 Å². The highest BCUT2D eigenvalue weighted by atomic mass is 16.2. The summed E-state index contributed by atoms with van der Waals surface area (Å²) in [4.78, 5) is 26.6. The molecule has 1 atom stereocenters. The minimum Gasteiger partial charge on any atom is -0.274 e. The van der Waals surface area contributed by atoms with E-state index >= 15 is 0 Å². The van der Waals surface area contributed by atoms with Crippen molar-refractivity contribution in [3.05, 3.63) is 42.0 Å². The zero-order valence-electron chi connectivity index (χ0n) is 18.9. The van der Waals surface area contributed by atoms with E-state index in [0.29, 0.717) is 18.5 Å². The van der Waals surface area contributed by atoms with Crippen molar-refractivity contribution < 1.29 is 9.59 Å². The van der Waals surface area contributed by atoms with Gasteiger partial charge in [0.05, 0.1) is 11.6 Å². The molecule has 1 aliphatic heterocycles. The number of carbonyl (C=O) groups is 2. The Morgan fingerprint density at radius 1 is 0.931 bits per heavy atom. The Morgan fingerprint density at radius 3 is 2.17 bits per heavy atom. The highest BCUT2D eigenvalue weighted by molar-refractivity contribution is 6.20. The van der Waals surface area contributed by atoms with Crippen LogP contribution in [0.15, 0.2) is 36.4 Å². The molecule has 3 heteroatoms. The molecule has 1 aromatic rings. The van der Waals surface area contributed by atoms with Crippen LogP contribution in [0.4, 0.5) is 5.69 Å². The fraction of sp³-hybridized carbons (Fsp3) is 0.615. The molecule has 160 valence electrons. The zero-order valence-corrected chi connectivity index (χ0v) is 18.9. The summed E-state index contributed by atoms with van der Waals surface area (Å²) in [5.74, 6) is -0.349. The van der Waals surface area contributed by atoms with Crippen LogP contribution < -0.4 is 4.90 Å². The number of carbonyl (C=O) groups excluding carboxylic acids is 2. The predicted molar refractivity (Wildman–Crippen MR) is 122 cm³/mol. The summed E-state index contributed by atoms with van der Waals surface area (Å²) in [7, 11) is 0. The van der Waals surface area contributed by atoms with Gasteiger partial charge in [-0.25, -0.2) is 0 Å². The summed E-state index contributed by atoms with van der Waals surface area (Å²) in [6.45, 7) is 8.71. The smallest absolute Gasteiger partial charge is 0.237 e. The fourth-order valence-corrected chi connectivity index (χ4v) is 3.86. The highest BCUT2D eigenvalue weighted by Crippen LogP contribution is 2.31. The van der Waals surface area contributed by atoms with Gasteiger partial charge in [-0.2, -0.15) is 0 Å². The molecule has 2 rings (SSSR count). The van der Waals surface area contributed by atoms with E-state index in [-0.39, 0.29) is 23.1 Å². The number of hydrogen-bond acceptors (Lipinski definition) is 2. The van der Waals surface area contributed by atoms with Crippen molar-refractivity contribution >= 4 is 17.5 Å². The maximum Gasteiger partial charge on any atom is 0.237 e. The summed E-state index contributed by atoms with van der Waals surface area (Å²) < 4.78 is 0. The topological polar surface area (TPSA) is 37.4 Å². The number of nitrogens with zero attached hydrogens (tertiary/aromatic N) is 1. The number of benzene rings is 1. The van der Waals surface area contributed by atoms with Crippen LogP contribution in [0.2, 0.25) is 0 Å². The van der Waals surface area contributed by atoms with Crippen LogP contribution in [0.3, 0.4) is 0 Å². The van der Waals surface area contributed by atoms with Crippen molar-refractivity contribution in [1.29, 1.82) is 0 Å². The van der Waals surface area contributed by atoms with E-state index in [1.54, 1.807) is 0 Å². The first kappa shape index (κ1) is 23.4. The van der Waals surface area contributed by atoms with E-state index in [2.05, 4.69) is 39.8 Å². The second-order valence-corrected chi connectivity index (χ2v) is 9.38. The molecule has 2 amide bonds. The lowest BCUT2D eigenvalue weighted by Crippen LogP contribution is -2.30. The second kappa shape index (κ2) is 11.3. The maximum absolute atomic E-state index is 12.8. The van der Waals surface area contributed by atoms with Gasteiger partial charge in [-0.1, -0.05) is 90.5 Å². The van der Waals surface area contributed by atoms with Crippen molar-refractivity contribution in [1.82, 2.24) is 0 Å². The molecule has 0 radical (unpaired) electrons. The Kier molecular flexibility index (Phi) is 9.13. The summed E-state index contributed by atoms with van der Waals surface area (Å²) in [5.41, 5.74) is 1.95. The van der Waals surface area contributed by atoms with Gasteiger partial charge in [0.15, 0.2) is 0 Å². The Labute approximate surface area is 177 Å². The number of amides is 2. The first-order chi connectivity index (χ1) is 13.8.